The number of esters is 1. The van der Waals surface area contributed by atoms with Crippen molar-refractivity contribution in [1.29, 1.82) is 0 Å². The van der Waals surface area contributed by atoms with Crippen LogP contribution in [0.3, 0.4) is 0 Å². The fourth-order valence-electron chi connectivity index (χ4n) is 8.48. The second-order valence-electron chi connectivity index (χ2n) is 12.1. The Morgan fingerprint density at radius 2 is 1.71 bits per heavy atom. The van der Waals surface area contributed by atoms with Gasteiger partial charge in [-0.2, -0.15) is 0 Å². The maximum Gasteiger partial charge on any atom is 0.306 e. The minimum atomic E-state index is -0.257. The molecule has 4 aliphatic rings. The molecule has 0 unspecified atom stereocenters. The molecule has 0 saturated heterocycles. The molecule has 35 heavy (non-hydrogen) atoms. The summed E-state index contributed by atoms with van der Waals surface area (Å²) in [7, 11) is 1.59. The lowest BCUT2D eigenvalue weighted by Gasteiger charge is -2.60. The van der Waals surface area contributed by atoms with Crippen LogP contribution in [0.4, 0.5) is 0 Å². The Morgan fingerprint density at radius 1 is 0.943 bits per heavy atom. The Bertz CT molecular complexity index is 983. The van der Waals surface area contributed by atoms with Gasteiger partial charge in [0.25, 0.3) is 0 Å². The number of methoxy groups -OCH3 is 1. The van der Waals surface area contributed by atoms with E-state index in [1.807, 2.05) is 0 Å². The number of ether oxygens (including phenoxy) is 2. The van der Waals surface area contributed by atoms with Crippen LogP contribution in [0.25, 0.3) is 0 Å². The van der Waals surface area contributed by atoms with Gasteiger partial charge in [-0.05, 0) is 105 Å². The SMILES string of the molecule is COc1ccc(C(=O)CCC(=O)O[C@H]2CC[C@@]3(C)[C@@H](CC[C@@H]4[C@@H]3CC[C@]3(C)C(=O)CC[C@@H]43)C2)cc1. The second kappa shape index (κ2) is 9.37. The molecule has 4 aliphatic carbocycles. The lowest BCUT2D eigenvalue weighted by atomic mass is 9.45. The molecule has 5 nitrogen and oxygen atoms in total. The minimum absolute atomic E-state index is 0.0323. The minimum Gasteiger partial charge on any atom is -0.497 e. The first kappa shape index (κ1) is 24.5. The lowest BCUT2D eigenvalue weighted by Crippen LogP contribution is -2.54. The van der Waals surface area contributed by atoms with Crippen molar-refractivity contribution < 1.29 is 23.9 Å². The molecule has 0 spiro atoms. The summed E-state index contributed by atoms with van der Waals surface area (Å²) in [6, 6.07) is 6.99. The van der Waals surface area contributed by atoms with Gasteiger partial charge in [0, 0.05) is 23.8 Å². The van der Waals surface area contributed by atoms with Gasteiger partial charge in [-0.3, -0.25) is 14.4 Å². The fraction of sp³-hybridized carbons (Fsp3) is 0.700. The van der Waals surface area contributed by atoms with Crippen LogP contribution in [0.5, 0.6) is 5.75 Å². The summed E-state index contributed by atoms with van der Waals surface area (Å²) in [5.41, 5.74) is 0.819. The fourth-order valence-corrected chi connectivity index (χ4v) is 8.48. The molecule has 1 aromatic carbocycles. The van der Waals surface area contributed by atoms with Gasteiger partial charge in [0.05, 0.1) is 13.5 Å². The van der Waals surface area contributed by atoms with Crippen molar-refractivity contribution in [2.24, 2.45) is 34.5 Å². The maximum absolute atomic E-state index is 12.6. The first-order valence-corrected chi connectivity index (χ1v) is 13.6. The van der Waals surface area contributed by atoms with Gasteiger partial charge in [-0.25, -0.2) is 0 Å². The molecule has 0 aliphatic heterocycles. The van der Waals surface area contributed by atoms with E-state index in [2.05, 4.69) is 13.8 Å². The summed E-state index contributed by atoms with van der Waals surface area (Å²) in [4.78, 5) is 37.7. The highest BCUT2D eigenvalue weighted by Gasteiger charge is 2.60. The zero-order valence-electron chi connectivity index (χ0n) is 21.5. The van der Waals surface area contributed by atoms with E-state index in [0.29, 0.717) is 46.2 Å². The van der Waals surface area contributed by atoms with E-state index in [1.165, 1.54) is 19.3 Å². The van der Waals surface area contributed by atoms with Crippen LogP contribution in [0, 0.1) is 34.5 Å². The van der Waals surface area contributed by atoms with Crippen LogP contribution in [-0.4, -0.2) is 30.7 Å². The summed E-state index contributed by atoms with van der Waals surface area (Å²) in [6.45, 7) is 4.73. The van der Waals surface area contributed by atoms with Gasteiger partial charge in [0.15, 0.2) is 5.78 Å². The number of fused-ring (bicyclic) bond motifs is 5. The first-order valence-electron chi connectivity index (χ1n) is 13.6. The summed E-state index contributed by atoms with van der Waals surface area (Å²) in [5, 5.41) is 0. The van der Waals surface area contributed by atoms with Gasteiger partial charge in [0.2, 0.25) is 0 Å². The molecule has 0 amide bonds. The molecule has 0 N–H and O–H groups in total. The van der Waals surface area contributed by atoms with Crippen LogP contribution in [0.15, 0.2) is 24.3 Å². The Balaban J connectivity index is 1.14. The molecule has 190 valence electrons. The van der Waals surface area contributed by atoms with Crippen LogP contribution in [0.1, 0.15) is 94.8 Å². The summed E-state index contributed by atoms with van der Waals surface area (Å²) < 4.78 is 11.0. The van der Waals surface area contributed by atoms with E-state index in [9.17, 15) is 14.4 Å². The highest BCUT2D eigenvalue weighted by Crippen LogP contribution is 2.65. The topological polar surface area (TPSA) is 69.7 Å². The third kappa shape index (κ3) is 4.34. The van der Waals surface area contributed by atoms with Crippen molar-refractivity contribution in [3.05, 3.63) is 29.8 Å². The van der Waals surface area contributed by atoms with Crippen molar-refractivity contribution in [1.82, 2.24) is 0 Å². The zero-order chi connectivity index (χ0) is 24.8. The normalized spacial score (nSPS) is 38.1. The molecule has 4 fully saturated rings. The number of ketones is 2. The van der Waals surface area contributed by atoms with Crippen molar-refractivity contribution in [2.75, 3.05) is 7.11 Å². The first-order chi connectivity index (χ1) is 16.7. The van der Waals surface area contributed by atoms with Crippen LogP contribution >= 0.6 is 0 Å². The molecule has 0 bridgehead atoms. The average molecular weight is 481 g/mol. The molecule has 1 aromatic rings. The molecule has 0 radical (unpaired) electrons. The molecule has 0 heterocycles. The van der Waals surface area contributed by atoms with Crippen molar-refractivity contribution in [3.63, 3.8) is 0 Å². The third-order valence-electron chi connectivity index (χ3n) is 10.6. The molecule has 5 heteroatoms. The number of rotatable bonds is 6. The number of hydrogen-bond acceptors (Lipinski definition) is 5. The monoisotopic (exact) mass is 480 g/mol. The van der Waals surface area contributed by atoms with Gasteiger partial charge in [-0.15, -0.1) is 0 Å². The largest absolute Gasteiger partial charge is 0.497 e. The van der Waals surface area contributed by atoms with Crippen molar-refractivity contribution in [2.45, 2.75) is 90.6 Å². The summed E-state index contributed by atoms with van der Waals surface area (Å²) in [6.07, 6.45) is 9.72. The van der Waals surface area contributed by atoms with Crippen LogP contribution in [0.2, 0.25) is 0 Å². The van der Waals surface area contributed by atoms with Crippen LogP contribution in [-0.2, 0) is 14.3 Å². The predicted molar refractivity (Wildman–Crippen MR) is 133 cm³/mol. The number of carbonyl (C=O) groups is 3. The predicted octanol–water partition coefficient (Wildman–Crippen LogP) is 6.18. The number of Topliss-reactive ketones (excluding diaryl/α,β-unsaturated/α-hetero) is 2. The highest BCUT2D eigenvalue weighted by molar-refractivity contribution is 5.97. The number of hydrogen-bond donors (Lipinski definition) is 0. The molecular weight excluding hydrogens is 440 g/mol. The van der Waals surface area contributed by atoms with Crippen molar-refractivity contribution in [3.8, 4) is 5.75 Å². The quantitative estimate of drug-likeness (QED) is 0.359. The van der Waals surface area contributed by atoms with E-state index in [0.717, 1.165) is 38.5 Å². The van der Waals surface area contributed by atoms with Crippen molar-refractivity contribution >= 4 is 17.5 Å². The zero-order valence-corrected chi connectivity index (χ0v) is 21.5. The smallest absolute Gasteiger partial charge is 0.306 e. The Morgan fingerprint density at radius 3 is 2.46 bits per heavy atom. The summed E-state index contributed by atoms with van der Waals surface area (Å²) >= 11 is 0. The van der Waals surface area contributed by atoms with Gasteiger partial charge < -0.3 is 9.47 Å². The maximum atomic E-state index is 12.6. The lowest BCUT2D eigenvalue weighted by molar-refractivity contribution is -0.162. The number of carbonyl (C=O) groups excluding carboxylic acids is 3. The van der Waals surface area contributed by atoms with E-state index in [-0.39, 0.29) is 36.1 Å². The van der Waals surface area contributed by atoms with E-state index in [4.69, 9.17) is 9.47 Å². The van der Waals surface area contributed by atoms with Gasteiger partial charge >= 0.3 is 5.97 Å². The Hall–Kier alpha value is -2.17. The number of benzene rings is 1. The van der Waals surface area contributed by atoms with E-state index < -0.39 is 0 Å². The Kier molecular flexibility index (Phi) is 6.56. The third-order valence-corrected chi connectivity index (χ3v) is 10.6. The van der Waals surface area contributed by atoms with Gasteiger partial charge in [0.1, 0.15) is 17.6 Å². The highest BCUT2D eigenvalue weighted by atomic mass is 16.5. The average Bonchev–Trinajstić information content (AvgIpc) is 3.17. The van der Waals surface area contributed by atoms with E-state index >= 15 is 0 Å². The van der Waals surface area contributed by atoms with Crippen LogP contribution < -0.4 is 4.74 Å². The molecule has 5 rings (SSSR count). The standard InChI is InChI=1S/C30H40O5/c1-29-16-14-22(35-28(33)13-11-26(31)19-4-7-21(34-3)8-5-19)18-20(29)6-9-23-24-10-12-27(32)30(24,2)17-15-25(23)29/h4-5,7-8,20,22-25H,6,9-18H2,1-3H3/t20-,22-,23-,24-,25-,29-,30-/m0/s1. The molecule has 7 atom stereocenters. The second-order valence-corrected chi connectivity index (χ2v) is 12.1. The Labute approximate surface area is 209 Å². The van der Waals surface area contributed by atoms with E-state index in [1.54, 1.807) is 31.4 Å². The molecule has 4 saturated carbocycles. The van der Waals surface area contributed by atoms with Gasteiger partial charge in [-0.1, -0.05) is 13.8 Å². The molecular formula is C30H40O5. The summed E-state index contributed by atoms with van der Waals surface area (Å²) in [5.74, 6) is 3.45. The molecule has 0 aromatic heterocycles.